The molecular weight excluding hydrogens is 504 g/mol. The summed E-state index contributed by atoms with van der Waals surface area (Å²) in [7, 11) is 0. The van der Waals surface area contributed by atoms with E-state index in [1.807, 2.05) is 28.8 Å². The Morgan fingerprint density at radius 1 is 0.925 bits per heavy atom. The third kappa shape index (κ3) is 4.56. The van der Waals surface area contributed by atoms with E-state index < -0.39 is 6.04 Å². The molecule has 0 aliphatic carbocycles. The van der Waals surface area contributed by atoms with Crippen LogP contribution in [0.3, 0.4) is 0 Å². The molecule has 202 valence electrons. The number of pyridine rings is 2. The van der Waals surface area contributed by atoms with E-state index in [1.165, 1.54) is 11.1 Å². The van der Waals surface area contributed by atoms with Crippen LogP contribution in [-0.2, 0) is 22.7 Å². The molecule has 9 heteroatoms. The van der Waals surface area contributed by atoms with Crippen molar-refractivity contribution in [1.82, 2.24) is 29.7 Å². The summed E-state index contributed by atoms with van der Waals surface area (Å²) in [4.78, 5) is 45.4. The van der Waals surface area contributed by atoms with Crippen LogP contribution in [0.15, 0.2) is 67.0 Å². The van der Waals surface area contributed by atoms with Gasteiger partial charge < -0.3 is 4.90 Å². The summed E-state index contributed by atoms with van der Waals surface area (Å²) >= 11 is 0. The van der Waals surface area contributed by atoms with Crippen molar-refractivity contribution in [2.75, 3.05) is 13.1 Å². The number of nitrogens with one attached hydrogen (secondary N) is 1. The Labute approximate surface area is 231 Å². The second-order valence-electron chi connectivity index (χ2n) is 11.0. The van der Waals surface area contributed by atoms with Crippen molar-refractivity contribution < 1.29 is 14.4 Å². The Morgan fingerprint density at radius 3 is 2.60 bits per heavy atom. The highest BCUT2D eigenvalue weighted by Gasteiger charge is 2.39. The van der Waals surface area contributed by atoms with Crippen LogP contribution in [0.2, 0.25) is 0 Å². The van der Waals surface area contributed by atoms with Crippen LogP contribution in [0.5, 0.6) is 0 Å². The SMILES string of the molecule is O=C1CCC(N2Cc3cc(C4CCN(Cc5ccc6cc(-c7ccccn7)nn6c5)CC4)ccc3C2=O)C(=O)N1. The number of piperidine rings is 2. The number of aromatic nitrogens is 3. The van der Waals surface area contributed by atoms with Crippen molar-refractivity contribution >= 4 is 23.2 Å². The first-order valence-corrected chi connectivity index (χ1v) is 13.9. The van der Waals surface area contributed by atoms with Crippen molar-refractivity contribution in [3.05, 3.63) is 89.2 Å². The molecule has 3 aromatic heterocycles. The topological polar surface area (TPSA) is 99.9 Å². The smallest absolute Gasteiger partial charge is 0.255 e. The van der Waals surface area contributed by atoms with Gasteiger partial charge in [-0.3, -0.25) is 29.6 Å². The maximum absolute atomic E-state index is 13.0. The monoisotopic (exact) mass is 534 g/mol. The largest absolute Gasteiger partial charge is 0.322 e. The lowest BCUT2D eigenvalue weighted by Gasteiger charge is -2.32. The normalized spacial score (nSPS) is 20.2. The van der Waals surface area contributed by atoms with Gasteiger partial charge in [-0.15, -0.1) is 0 Å². The second kappa shape index (κ2) is 9.98. The second-order valence-corrected chi connectivity index (χ2v) is 11.0. The maximum atomic E-state index is 13.0. The number of likely N-dealkylation sites (tertiary alicyclic amines) is 1. The van der Waals surface area contributed by atoms with Crippen LogP contribution in [0.25, 0.3) is 16.9 Å². The molecule has 6 heterocycles. The minimum atomic E-state index is -0.577. The minimum absolute atomic E-state index is 0.118. The van der Waals surface area contributed by atoms with Crippen molar-refractivity contribution in [1.29, 1.82) is 0 Å². The van der Waals surface area contributed by atoms with E-state index in [0.29, 0.717) is 24.4 Å². The third-order valence-electron chi connectivity index (χ3n) is 8.46. The van der Waals surface area contributed by atoms with Crippen LogP contribution >= 0.6 is 0 Å². The van der Waals surface area contributed by atoms with E-state index in [2.05, 4.69) is 51.7 Å². The molecule has 7 rings (SSSR count). The van der Waals surface area contributed by atoms with Crippen LogP contribution in [0.4, 0.5) is 0 Å². The Kier molecular flexibility index (Phi) is 6.15. The van der Waals surface area contributed by atoms with E-state index in [4.69, 9.17) is 5.10 Å². The summed E-state index contributed by atoms with van der Waals surface area (Å²) in [5.41, 5.74) is 6.93. The molecule has 2 fully saturated rings. The lowest BCUT2D eigenvalue weighted by molar-refractivity contribution is -0.136. The molecule has 9 nitrogen and oxygen atoms in total. The summed E-state index contributed by atoms with van der Waals surface area (Å²) in [5.74, 6) is -0.316. The number of imide groups is 1. The van der Waals surface area contributed by atoms with Crippen molar-refractivity contribution in [2.24, 2.45) is 0 Å². The molecule has 1 aromatic carbocycles. The number of carbonyl (C=O) groups is 3. The van der Waals surface area contributed by atoms with E-state index >= 15 is 0 Å². The molecule has 0 bridgehead atoms. The molecule has 1 unspecified atom stereocenters. The van der Waals surface area contributed by atoms with Gasteiger partial charge in [0.25, 0.3) is 5.91 Å². The van der Waals surface area contributed by atoms with Gasteiger partial charge in [0.2, 0.25) is 11.8 Å². The van der Waals surface area contributed by atoms with E-state index in [-0.39, 0.29) is 24.1 Å². The number of rotatable bonds is 5. The van der Waals surface area contributed by atoms with Gasteiger partial charge in [-0.2, -0.15) is 5.10 Å². The van der Waals surface area contributed by atoms with E-state index in [9.17, 15) is 14.4 Å². The molecule has 1 N–H and O–H groups in total. The lowest BCUT2D eigenvalue weighted by atomic mass is 9.88. The highest BCUT2D eigenvalue weighted by molar-refractivity contribution is 6.05. The molecule has 3 amide bonds. The molecule has 3 aliphatic rings. The van der Waals surface area contributed by atoms with Gasteiger partial charge in [-0.1, -0.05) is 24.3 Å². The Balaban J connectivity index is 0.986. The number of benzene rings is 1. The molecule has 2 saturated heterocycles. The van der Waals surface area contributed by atoms with Crippen LogP contribution in [0, 0.1) is 0 Å². The minimum Gasteiger partial charge on any atom is -0.322 e. The summed E-state index contributed by atoms with van der Waals surface area (Å²) in [5, 5.41) is 7.11. The molecule has 3 aliphatic heterocycles. The third-order valence-corrected chi connectivity index (χ3v) is 8.46. The Bertz CT molecular complexity index is 1620. The first-order valence-electron chi connectivity index (χ1n) is 13.9. The Hall–Kier alpha value is -4.37. The molecule has 0 saturated carbocycles. The molecule has 0 radical (unpaired) electrons. The first-order chi connectivity index (χ1) is 19.5. The Morgan fingerprint density at radius 2 is 1.80 bits per heavy atom. The van der Waals surface area contributed by atoms with Gasteiger partial charge in [-0.25, -0.2) is 4.52 Å². The highest BCUT2D eigenvalue weighted by Crippen LogP contribution is 2.34. The summed E-state index contributed by atoms with van der Waals surface area (Å²) < 4.78 is 1.94. The number of hydrogen-bond donors (Lipinski definition) is 1. The number of carbonyl (C=O) groups excluding carboxylic acids is 3. The lowest BCUT2D eigenvalue weighted by Crippen LogP contribution is -2.52. The molecule has 40 heavy (non-hydrogen) atoms. The number of fused-ring (bicyclic) bond motifs is 2. The maximum Gasteiger partial charge on any atom is 0.255 e. The molecular formula is C31H30N6O3. The predicted octanol–water partition coefficient (Wildman–Crippen LogP) is 3.54. The molecule has 4 aromatic rings. The zero-order valence-electron chi connectivity index (χ0n) is 22.1. The highest BCUT2D eigenvalue weighted by atomic mass is 16.2. The quantitative estimate of drug-likeness (QED) is 0.393. The summed E-state index contributed by atoms with van der Waals surface area (Å²) in [6.07, 6.45) is 6.65. The van der Waals surface area contributed by atoms with Gasteiger partial charge in [0.15, 0.2) is 0 Å². The van der Waals surface area contributed by atoms with Gasteiger partial charge in [0.05, 0.1) is 11.2 Å². The van der Waals surface area contributed by atoms with E-state index in [1.54, 1.807) is 11.1 Å². The van der Waals surface area contributed by atoms with Crippen molar-refractivity contribution in [3.63, 3.8) is 0 Å². The number of nitrogens with zero attached hydrogens (tertiary/aromatic N) is 5. The van der Waals surface area contributed by atoms with Gasteiger partial charge in [0.1, 0.15) is 11.7 Å². The number of amides is 3. The van der Waals surface area contributed by atoms with E-state index in [0.717, 1.165) is 54.9 Å². The molecule has 1 atom stereocenters. The first kappa shape index (κ1) is 24.7. The van der Waals surface area contributed by atoms with Crippen molar-refractivity contribution in [2.45, 2.75) is 50.7 Å². The predicted molar refractivity (Wildman–Crippen MR) is 148 cm³/mol. The van der Waals surface area contributed by atoms with Crippen LogP contribution < -0.4 is 5.32 Å². The van der Waals surface area contributed by atoms with Crippen molar-refractivity contribution in [3.8, 4) is 11.4 Å². The average Bonchev–Trinajstić information content (AvgIpc) is 3.54. The molecule has 0 spiro atoms. The van der Waals surface area contributed by atoms with Crippen LogP contribution in [0.1, 0.15) is 58.6 Å². The summed E-state index contributed by atoms with van der Waals surface area (Å²) in [6, 6.07) is 17.8. The number of hydrogen-bond acceptors (Lipinski definition) is 6. The average molecular weight is 535 g/mol. The van der Waals surface area contributed by atoms with Crippen LogP contribution in [-0.4, -0.2) is 61.3 Å². The van der Waals surface area contributed by atoms with Gasteiger partial charge in [-0.05, 0) is 85.3 Å². The zero-order chi connectivity index (χ0) is 27.2. The standard InChI is InChI=1S/C31H30N6O3/c38-29-9-8-28(30(39)33-29)36-19-23-15-22(5-7-25(23)31(36)40)21-10-13-35(14-11-21)17-20-4-6-24-16-27(34-37(24)18-20)26-3-1-2-12-32-26/h1-7,12,15-16,18,21,28H,8-11,13-14,17,19H2,(H,33,38,39). The van der Waals surface area contributed by atoms with Gasteiger partial charge >= 0.3 is 0 Å². The van der Waals surface area contributed by atoms with Gasteiger partial charge in [0, 0.05) is 37.5 Å². The fourth-order valence-corrected chi connectivity index (χ4v) is 6.29. The zero-order valence-corrected chi connectivity index (χ0v) is 22.1. The summed E-state index contributed by atoms with van der Waals surface area (Å²) in [6.45, 7) is 3.30. The fraction of sp³-hybridized carbons (Fsp3) is 0.323. The fourth-order valence-electron chi connectivity index (χ4n) is 6.29.